The second-order valence-corrected chi connectivity index (χ2v) is 7.76. The molecule has 0 aliphatic carbocycles. The molecule has 4 nitrogen and oxygen atoms in total. The maximum Gasteiger partial charge on any atom is 0.234 e. The summed E-state index contributed by atoms with van der Waals surface area (Å²) in [7, 11) is 0. The number of carbonyl (C=O) groups excluding carboxylic acids is 2. The van der Waals surface area contributed by atoms with Gasteiger partial charge in [-0.15, -0.1) is 11.8 Å². The molecule has 2 amide bonds. The molecule has 0 heterocycles. The van der Waals surface area contributed by atoms with E-state index >= 15 is 0 Å². The summed E-state index contributed by atoms with van der Waals surface area (Å²) in [5.74, 6) is 0.227. The predicted octanol–water partition coefficient (Wildman–Crippen LogP) is 4.90. The number of anilines is 2. The predicted molar refractivity (Wildman–Crippen MR) is 121 cm³/mol. The van der Waals surface area contributed by atoms with Crippen LogP contribution in [0.25, 0.3) is 0 Å². The van der Waals surface area contributed by atoms with Crippen LogP contribution < -0.4 is 10.6 Å². The summed E-state index contributed by atoms with van der Waals surface area (Å²) in [4.78, 5) is 24.4. The first-order valence-electron chi connectivity index (χ1n) is 9.46. The van der Waals surface area contributed by atoms with Crippen molar-refractivity contribution in [1.29, 1.82) is 0 Å². The third-order valence-corrected chi connectivity index (χ3v) is 5.23. The van der Waals surface area contributed by atoms with Crippen molar-refractivity contribution in [3.63, 3.8) is 0 Å². The summed E-state index contributed by atoms with van der Waals surface area (Å²) in [5.41, 5.74) is 4.93. The van der Waals surface area contributed by atoms with Crippen molar-refractivity contribution in [2.75, 3.05) is 22.1 Å². The van der Waals surface area contributed by atoms with E-state index in [1.54, 1.807) is 0 Å². The maximum absolute atomic E-state index is 12.3. The van der Waals surface area contributed by atoms with Gasteiger partial charge in [0.15, 0.2) is 0 Å². The first-order chi connectivity index (χ1) is 14.1. The van der Waals surface area contributed by atoms with Crippen molar-refractivity contribution in [1.82, 2.24) is 0 Å². The van der Waals surface area contributed by atoms with E-state index in [0.29, 0.717) is 0 Å². The Morgan fingerprint density at radius 3 is 2.24 bits per heavy atom. The Balaban J connectivity index is 1.48. The molecule has 0 aromatic heterocycles. The minimum Gasteiger partial charge on any atom is -0.325 e. The minimum atomic E-state index is -0.113. The molecule has 29 heavy (non-hydrogen) atoms. The highest BCUT2D eigenvalue weighted by atomic mass is 32.2. The molecular formula is C24H24N2O2S. The third-order valence-electron chi connectivity index (χ3n) is 4.30. The molecule has 0 spiro atoms. The van der Waals surface area contributed by atoms with E-state index in [4.69, 9.17) is 0 Å². The van der Waals surface area contributed by atoms with E-state index < -0.39 is 0 Å². The van der Waals surface area contributed by atoms with E-state index in [9.17, 15) is 9.59 Å². The van der Waals surface area contributed by atoms with Gasteiger partial charge >= 0.3 is 0 Å². The van der Waals surface area contributed by atoms with Crippen LogP contribution in [-0.2, 0) is 16.0 Å². The van der Waals surface area contributed by atoms with E-state index in [-0.39, 0.29) is 23.3 Å². The van der Waals surface area contributed by atoms with E-state index in [1.165, 1.54) is 17.3 Å². The molecule has 3 rings (SSSR count). The number of aryl methyl sites for hydroxylation is 1. The monoisotopic (exact) mass is 404 g/mol. The Bertz CT molecular complexity index is 973. The zero-order chi connectivity index (χ0) is 20.5. The summed E-state index contributed by atoms with van der Waals surface area (Å²) in [5, 5.41) is 5.82. The average Bonchev–Trinajstić information content (AvgIpc) is 2.70. The number of amides is 2. The number of para-hydroxylation sites is 1. The number of rotatable bonds is 8. The standard InChI is InChI=1S/C24H24N2O2S/c1-18-8-7-12-21(14-18)25-23(27)16-29-17-24(28)26-22-13-6-5-11-20(22)15-19-9-3-2-4-10-19/h2-14H,15-17H2,1H3,(H,25,27)(H,26,28). The van der Waals surface area contributed by atoms with E-state index in [1.807, 2.05) is 73.7 Å². The van der Waals surface area contributed by atoms with Gasteiger partial charge in [-0.25, -0.2) is 0 Å². The molecule has 0 fully saturated rings. The van der Waals surface area contributed by atoms with Crippen molar-refractivity contribution in [2.45, 2.75) is 13.3 Å². The lowest BCUT2D eigenvalue weighted by atomic mass is 10.0. The van der Waals surface area contributed by atoms with E-state index in [0.717, 1.165) is 28.9 Å². The van der Waals surface area contributed by atoms with Crippen LogP contribution in [0.3, 0.4) is 0 Å². The highest BCUT2D eigenvalue weighted by Crippen LogP contribution is 2.19. The number of hydrogen-bond acceptors (Lipinski definition) is 3. The van der Waals surface area contributed by atoms with Gasteiger partial charge in [0, 0.05) is 11.4 Å². The number of nitrogens with one attached hydrogen (secondary N) is 2. The lowest BCUT2D eigenvalue weighted by Crippen LogP contribution is -2.19. The lowest BCUT2D eigenvalue weighted by Gasteiger charge is -2.11. The fraction of sp³-hybridized carbons (Fsp3) is 0.167. The second-order valence-electron chi connectivity index (χ2n) is 6.78. The first-order valence-corrected chi connectivity index (χ1v) is 10.6. The average molecular weight is 405 g/mol. The van der Waals surface area contributed by atoms with Crippen LogP contribution in [0.4, 0.5) is 11.4 Å². The van der Waals surface area contributed by atoms with Gasteiger partial charge in [-0.05, 0) is 48.2 Å². The van der Waals surface area contributed by atoms with Crippen LogP contribution >= 0.6 is 11.8 Å². The molecule has 0 bridgehead atoms. The smallest absolute Gasteiger partial charge is 0.234 e. The zero-order valence-corrected chi connectivity index (χ0v) is 17.2. The topological polar surface area (TPSA) is 58.2 Å². The summed E-state index contributed by atoms with van der Waals surface area (Å²) < 4.78 is 0. The molecule has 0 atom stereocenters. The Labute approximate surface area is 175 Å². The Morgan fingerprint density at radius 1 is 0.793 bits per heavy atom. The maximum atomic E-state index is 12.3. The van der Waals surface area contributed by atoms with Crippen molar-refractivity contribution >= 4 is 35.0 Å². The number of carbonyl (C=O) groups is 2. The molecule has 148 valence electrons. The number of hydrogen-bond donors (Lipinski definition) is 2. The molecule has 2 N–H and O–H groups in total. The van der Waals surface area contributed by atoms with Crippen molar-refractivity contribution in [2.24, 2.45) is 0 Å². The Hall–Kier alpha value is -3.05. The van der Waals surface area contributed by atoms with Gasteiger partial charge in [-0.3, -0.25) is 9.59 Å². The van der Waals surface area contributed by atoms with Crippen LogP contribution in [0.5, 0.6) is 0 Å². The second kappa shape index (κ2) is 10.5. The van der Waals surface area contributed by atoms with Crippen LogP contribution in [0, 0.1) is 6.92 Å². The van der Waals surface area contributed by atoms with Crippen LogP contribution in [0.1, 0.15) is 16.7 Å². The molecular weight excluding hydrogens is 380 g/mol. The van der Waals surface area contributed by atoms with Crippen LogP contribution in [0.2, 0.25) is 0 Å². The third kappa shape index (κ3) is 6.80. The highest BCUT2D eigenvalue weighted by Gasteiger charge is 2.09. The fourth-order valence-electron chi connectivity index (χ4n) is 2.95. The molecule has 0 aliphatic rings. The molecule has 0 aliphatic heterocycles. The van der Waals surface area contributed by atoms with Gasteiger partial charge in [-0.2, -0.15) is 0 Å². The molecule has 5 heteroatoms. The molecule has 3 aromatic carbocycles. The van der Waals surface area contributed by atoms with Gasteiger partial charge in [0.2, 0.25) is 11.8 Å². The quantitative estimate of drug-likeness (QED) is 0.562. The highest BCUT2D eigenvalue weighted by molar-refractivity contribution is 8.00. The lowest BCUT2D eigenvalue weighted by molar-refractivity contribution is -0.114. The van der Waals surface area contributed by atoms with Crippen LogP contribution in [0.15, 0.2) is 78.9 Å². The minimum absolute atomic E-state index is 0.112. The van der Waals surface area contributed by atoms with Crippen molar-refractivity contribution in [3.8, 4) is 0 Å². The van der Waals surface area contributed by atoms with Crippen LogP contribution in [-0.4, -0.2) is 23.3 Å². The van der Waals surface area contributed by atoms with Gasteiger partial charge in [0.05, 0.1) is 11.5 Å². The fourth-order valence-corrected chi connectivity index (χ4v) is 3.57. The van der Waals surface area contributed by atoms with Crippen molar-refractivity contribution in [3.05, 3.63) is 95.6 Å². The number of thioether (sulfide) groups is 1. The molecule has 0 saturated carbocycles. The molecule has 0 radical (unpaired) electrons. The van der Waals surface area contributed by atoms with E-state index in [2.05, 4.69) is 22.8 Å². The van der Waals surface area contributed by atoms with Crippen molar-refractivity contribution < 1.29 is 9.59 Å². The van der Waals surface area contributed by atoms with Gasteiger partial charge in [0.25, 0.3) is 0 Å². The summed E-state index contributed by atoms with van der Waals surface area (Å²) in [6.07, 6.45) is 0.753. The van der Waals surface area contributed by atoms with Gasteiger partial charge in [0.1, 0.15) is 0 Å². The summed E-state index contributed by atoms with van der Waals surface area (Å²) in [6.45, 7) is 1.98. The molecule has 0 unspecified atom stereocenters. The summed E-state index contributed by atoms with van der Waals surface area (Å²) in [6, 6.07) is 25.6. The van der Waals surface area contributed by atoms with Gasteiger partial charge < -0.3 is 10.6 Å². The Kier molecular flexibility index (Phi) is 7.47. The number of benzene rings is 3. The normalized spacial score (nSPS) is 10.4. The molecule has 3 aromatic rings. The SMILES string of the molecule is Cc1cccc(NC(=O)CSCC(=O)Nc2ccccc2Cc2ccccc2)c1. The molecule has 0 saturated heterocycles. The summed E-state index contributed by atoms with van der Waals surface area (Å²) >= 11 is 1.30. The zero-order valence-electron chi connectivity index (χ0n) is 16.4. The van der Waals surface area contributed by atoms with Gasteiger partial charge in [-0.1, -0.05) is 60.7 Å². The Morgan fingerprint density at radius 2 is 1.48 bits per heavy atom. The largest absolute Gasteiger partial charge is 0.325 e. The first kappa shape index (κ1) is 20.7.